The summed E-state index contributed by atoms with van der Waals surface area (Å²) in [4.78, 5) is 24.5. The minimum absolute atomic E-state index is 0.0646. The van der Waals surface area contributed by atoms with Crippen LogP contribution in [0.3, 0.4) is 0 Å². The zero-order valence-corrected chi connectivity index (χ0v) is 20.2. The second-order valence-corrected chi connectivity index (χ2v) is 11.0. The molecule has 2 saturated heterocycles. The first-order valence-electron chi connectivity index (χ1n) is 10.9. The number of nitrogens with zero attached hydrogens (tertiary/aromatic N) is 4. The maximum atomic E-state index is 15.6. The number of hydrogen-bond acceptors (Lipinski definition) is 9. The monoisotopic (exact) mass is 524 g/mol. The molecule has 4 heterocycles. The first kappa shape index (κ1) is 24.1. The summed E-state index contributed by atoms with van der Waals surface area (Å²) in [6.07, 6.45) is -2.10. The number of esters is 1. The van der Waals surface area contributed by atoms with Gasteiger partial charge in [0.1, 0.15) is 18.2 Å². The minimum atomic E-state index is -3.56. The molecule has 2 aromatic heterocycles. The SMILES string of the molecule is C[C@H](NP1(=O)C[C@H]2[C@H](F)[C@H](n3cnc4c(N)nc(Cl)nc43)O[C@@H]2CO1)C(=O)OCc1ccccc1. The van der Waals surface area contributed by atoms with E-state index < -0.39 is 44.0 Å². The van der Waals surface area contributed by atoms with Gasteiger partial charge in [0, 0.05) is 12.1 Å². The van der Waals surface area contributed by atoms with Crippen molar-refractivity contribution in [3.63, 3.8) is 0 Å². The number of nitrogens with two attached hydrogens (primary N) is 1. The van der Waals surface area contributed by atoms with Gasteiger partial charge in [-0.1, -0.05) is 30.3 Å². The van der Waals surface area contributed by atoms with Crippen LogP contribution in [-0.4, -0.2) is 56.6 Å². The number of alkyl halides is 1. The van der Waals surface area contributed by atoms with E-state index in [0.717, 1.165) is 5.56 Å². The topological polar surface area (TPSA) is 143 Å². The molecule has 0 amide bonds. The summed E-state index contributed by atoms with van der Waals surface area (Å²) in [5, 5.41) is 2.62. The number of fused-ring (bicyclic) bond motifs is 2. The lowest BCUT2D eigenvalue weighted by atomic mass is 10.0. The van der Waals surface area contributed by atoms with E-state index >= 15 is 4.39 Å². The van der Waals surface area contributed by atoms with Gasteiger partial charge in [-0.2, -0.15) is 9.97 Å². The third kappa shape index (κ3) is 4.76. The predicted molar refractivity (Wildman–Crippen MR) is 124 cm³/mol. The van der Waals surface area contributed by atoms with Gasteiger partial charge in [-0.05, 0) is 24.1 Å². The molecular formula is C21H23ClFN6O5P. The molecule has 2 aliphatic heterocycles. The van der Waals surface area contributed by atoms with Crippen molar-refractivity contribution in [3.05, 3.63) is 47.5 Å². The van der Waals surface area contributed by atoms with E-state index in [1.807, 2.05) is 30.3 Å². The molecule has 0 saturated carbocycles. The molecule has 3 N–H and O–H groups in total. The summed E-state index contributed by atoms with van der Waals surface area (Å²) in [5.41, 5.74) is 7.16. The minimum Gasteiger partial charge on any atom is -0.460 e. The first-order chi connectivity index (χ1) is 16.7. The molecule has 2 fully saturated rings. The van der Waals surface area contributed by atoms with Gasteiger partial charge in [-0.15, -0.1) is 0 Å². The number of ether oxygens (including phenoxy) is 2. The lowest BCUT2D eigenvalue weighted by molar-refractivity contribution is -0.146. The number of carbonyl (C=O) groups excluding carboxylic acids is 1. The van der Waals surface area contributed by atoms with Crippen LogP contribution in [0, 0.1) is 5.92 Å². The van der Waals surface area contributed by atoms with Crippen LogP contribution >= 0.6 is 19.1 Å². The Balaban J connectivity index is 1.25. The normalized spacial score (nSPS) is 29.1. The van der Waals surface area contributed by atoms with Gasteiger partial charge in [-0.25, -0.2) is 14.5 Å². The van der Waals surface area contributed by atoms with Crippen molar-refractivity contribution in [1.29, 1.82) is 0 Å². The summed E-state index contributed by atoms with van der Waals surface area (Å²) >= 11 is 5.91. The molecule has 0 spiro atoms. The number of nitrogen functional groups attached to an aromatic ring is 1. The third-order valence-corrected chi connectivity index (χ3v) is 8.45. The molecule has 35 heavy (non-hydrogen) atoms. The van der Waals surface area contributed by atoms with Crippen LogP contribution in [0.4, 0.5) is 10.2 Å². The van der Waals surface area contributed by atoms with Crippen molar-refractivity contribution < 1.29 is 27.7 Å². The van der Waals surface area contributed by atoms with E-state index in [0.29, 0.717) is 0 Å². The Bertz CT molecular complexity index is 1300. The Hall–Kier alpha value is -2.63. The van der Waals surface area contributed by atoms with Crippen LogP contribution in [0.5, 0.6) is 0 Å². The molecule has 11 nitrogen and oxygen atoms in total. The van der Waals surface area contributed by atoms with Gasteiger partial charge in [0.05, 0.1) is 19.0 Å². The molecule has 0 aliphatic carbocycles. The van der Waals surface area contributed by atoms with Crippen molar-refractivity contribution in [1.82, 2.24) is 24.6 Å². The van der Waals surface area contributed by atoms with Crippen LogP contribution in [0.1, 0.15) is 18.7 Å². The van der Waals surface area contributed by atoms with E-state index in [1.165, 1.54) is 17.8 Å². The number of carbonyl (C=O) groups is 1. The number of halogens is 2. The van der Waals surface area contributed by atoms with Gasteiger partial charge in [-0.3, -0.25) is 13.9 Å². The molecule has 5 rings (SSSR count). The Labute approximate surface area is 204 Å². The third-order valence-electron chi connectivity index (χ3n) is 6.03. The molecule has 14 heteroatoms. The van der Waals surface area contributed by atoms with E-state index in [1.54, 1.807) is 0 Å². The molecule has 186 valence electrons. The molecule has 1 aromatic carbocycles. The fourth-order valence-electron chi connectivity index (χ4n) is 4.28. The molecule has 0 bridgehead atoms. The number of benzene rings is 1. The average molecular weight is 525 g/mol. The summed E-state index contributed by atoms with van der Waals surface area (Å²) in [7, 11) is -3.56. The quantitative estimate of drug-likeness (QED) is 0.280. The number of hydrogen-bond donors (Lipinski definition) is 2. The van der Waals surface area contributed by atoms with Gasteiger partial charge < -0.3 is 19.7 Å². The number of rotatable bonds is 6. The molecular weight excluding hydrogens is 502 g/mol. The molecule has 6 atom stereocenters. The number of anilines is 1. The van der Waals surface area contributed by atoms with Crippen molar-refractivity contribution in [3.8, 4) is 0 Å². The van der Waals surface area contributed by atoms with Crippen LogP contribution < -0.4 is 10.8 Å². The Kier molecular flexibility index (Phi) is 6.49. The zero-order valence-electron chi connectivity index (χ0n) is 18.6. The highest BCUT2D eigenvalue weighted by Crippen LogP contribution is 2.54. The molecule has 1 unspecified atom stereocenters. The van der Waals surface area contributed by atoms with Gasteiger partial charge >= 0.3 is 5.97 Å². The maximum Gasteiger partial charge on any atom is 0.323 e. The fraction of sp³-hybridized carbons (Fsp3) is 0.429. The summed E-state index contributed by atoms with van der Waals surface area (Å²) < 4.78 is 47.1. The van der Waals surface area contributed by atoms with Crippen LogP contribution in [0.2, 0.25) is 5.28 Å². The van der Waals surface area contributed by atoms with Crippen LogP contribution in [-0.2, 0) is 30.0 Å². The lowest BCUT2D eigenvalue weighted by Crippen LogP contribution is -2.41. The van der Waals surface area contributed by atoms with Crippen molar-refractivity contribution >= 4 is 42.1 Å². The first-order valence-corrected chi connectivity index (χ1v) is 13.1. The van der Waals surface area contributed by atoms with E-state index in [9.17, 15) is 9.36 Å². The van der Waals surface area contributed by atoms with Gasteiger partial charge in [0.2, 0.25) is 5.28 Å². The van der Waals surface area contributed by atoms with Crippen LogP contribution in [0.25, 0.3) is 11.2 Å². The second-order valence-electron chi connectivity index (χ2n) is 8.47. The highest BCUT2D eigenvalue weighted by molar-refractivity contribution is 7.57. The van der Waals surface area contributed by atoms with E-state index in [2.05, 4.69) is 20.0 Å². The molecule has 2 aliphatic rings. The fourth-order valence-corrected chi connectivity index (χ4v) is 6.82. The smallest absolute Gasteiger partial charge is 0.323 e. The van der Waals surface area contributed by atoms with Crippen molar-refractivity contribution in [2.24, 2.45) is 5.92 Å². The van der Waals surface area contributed by atoms with Gasteiger partial charge in [0.25, 0.3) is 7.52 Å². The largest absolute Gasteiger partial charge is 0.460 e. The standard InChI is InChI=1S/C21H23ClFN6O5P/c1-11(20(30)32-7-12-5-3-2-4-6-12)28-35(31)9-13-14(8-33-35)34-19(15(13)23)29-10-25-16-17(24)26-21(22)27-18(16)29/h2-6,10-11,13-15,19H,7-9H2,1H3,(H,28,31)(H2,24,26,27)/t11-,13+,14+,15-,19+,35?/m0/s1. The van der Waals surface area contributed by atoms with Crippen molar-refractivity contribution in [2.45, 2.75) is 38.1 Å². The summed E-state index contributed by atoms with van der Waals surface area (Å²) in [6.45, 7) is 1.50. The Morgan fingerprint density at radius 2 is 2.17 bits per heavy atom. The molecule has 3 aromatic rings. The molecule has 0 radical (unpaired) electrons. The predicted octanol–water partition coefficient (Wildman–Crippen LogP) is 2.86. The van der Waals surface area contributed by atoms with Gasteiger partial charge in [0.15, 0.2) is 23.9 Å². The van der Waals surface area contributed by atoms with Crippen molar-refractivity contribution in [2.75, 3.05) is 18.5 Å². The zero-order chi connectivity index (χ0) is 24.7. The van der Waals surface area contributed by atoms with Crippen LogP contribution in [0.15, 0.2) is 36.7 Å². The average Bonchev–Trinajstić information content (AvgIpc) is 3.38. The Morgan fingerprint density at radius 1 is 1.40 bits per heavy atom. The highest BCUT2D eigenvalue weighted by atomic mass is 35.5. The van der Waals surface area contributed by atoms with E-state index in [-0.39, 0.29) is 41.6 Å². The highest BCUT2D eigenvalue weighted by Gasteiger charge is 2.53. The number of aromatic nitrogens is 4. The maximum absolute atomic E-state index is 15.6. The summed E-state index contributed by atoms with van der Waals surface area (Å²) in [6, 6.07) is 8.27. The Morgan fingerprint density at radius 3 is 2.94 bits per heavy atom. The lowest BCUT2D eigenvalue weighted by Gasteiger charge is -2.32. The number of imidazole rings is 1. The second kappa shape index (κ2) is 9.44. The number of nitrogens with one attached hydrogen (secondary N) is 1. The summed E-state index contributed by atoms with van der Waals surface area (Å²) in [5.74, 6) is -1.27. The van der Waals surface area contributed by atoms with E-state index in [4.69, 9.17) is 31.3 Å².